The lowest BCUT2D eigenvalue weighted by molar-refractivity contribution is -0.126. The second-order valence-electron chi connectivity index (χ2n) is 10.5. The number of hydrogen-bond donors (Lipinski definition) is 1. The topological polar surface area (TPSA) is 98.2 Å². The molecule has 0 saturated carbocycles. The molecule has 0 saturated heterocycles. The first-order chi connectivity index (χ1) is 17.3. The lowest BCUT2D eigenvalue weighted by Crippen LogP contribution is -2.47. The van der Waals surface area contributed by atoms with Crippen LogP contribution in [0.4, 0.5) is 0 Å². The van der Waals surface area contributed by atoms with Crippen LogP contribution in [-0.4, -0.2) is 108 Å². The molecular weight excluding hydrogens is 470 g/mol. The van der Waals surface area contributed by atoms with Crippen LogP contribution in [0.15, 0.2) is 0 Å². The zero-order chi connectivity index (χ0) is 29.1. The summed E-state index contributed by atoms with van der Waals surface area (Å²) in [6.07, 6.45) is 0.664. The number of rotatable bonds is 21. The molecule has 0 aromatic heterocycles. The summed E-state index contributed by atoms with van der Waals surface area (Å²) in [4.78, 5) is 54.7. The average Bonchev–Trinajstić information content (AvgIpc) is 2.84. The molecule has 0 aliphatic rings. The normalized spacial score (nSPS) is 13.2. The van der Waals surface area contributed by atoms with Crippen LogP contribution in [0.2, 0.25) is 0 Å². The van der Waals surface area contributed by atoms with Crippen molar-refractivity contribution in [3.8, 4) is 0 Å². The van der Waals surface area contributed by atoms with Crippen molar-refractivity contribution in [3.63, 3.8) is 0 Å². The van der Waals surface area contributed by atoms with Crippen LogP contribution >= 0.6 is 0 Å². The number of carbonyl (C=O) groups excluding carboxylic acids is 4. The van der Waals surface area contributed by atoms with E-state index in [1.54, 1.807) is 0 Å². The maximum absolute atomic E-state index is 12.6. The summed E-state index contributed by atoms with van der Waals surface area (Å²) in [6.45, 7) is 22.4. The van der Waals surface area contributed by atoms with Crippen molar-refractivity contribution >= 4 is 23.1 Å². The molecule has 8 heteroatoms. The molecular formula is C29H57N3O5. The smallest absolute Gasteiger partial charge is 0.149 e. The lowest BCUT2D eigenvalue weighted by Gasteiger charge is -2.31. The molecule has 0 aliphatic carbocycles. The van der Waals surface area contributed by atoms with Crippen LogP contribution in [0.5, 0.6) is 0 Å². The van der Waals surface area contributed by atoms with Crippen molar-refractivity contribution in [1.82, 2.24) is 14.7 Å². The second kappa shape index (κ2) is 21.5. The van der Waals surface area contributed by atoms with Gasteiger partial charge in [-0.05, 0) is 19.3 Å². The van der Waals surface area contributed by atoms with Crippen molar-refractivity contribution in [2.45, 2.75) is 88.2 Å². The fourth-order valence-corrected chi connectivity index (χ4v) is 3.45. The van der Waals surface area contributed by atoms with Gasteiger partial charge in [-0.25, -0.2) is 0 Å². The summed E-state index contributed by atoms with van der Waals surface area (Å²) in [5.74, 6) is 0.248. The van der Waals surface area contributed by atoms with Gasteiger partial charge < -0.3 is 5.11 Å². The van der Waals surface area contributed by atoms with E-state index in [4.69, 9.17) is 0 Å². The molecule has 0 amide bonds. The maximum atomic E-state index is 12.6. The Morgan fingerprint density at radius 1 is 0.703 bits per heavy atom. The Labute approximate surface area is 227 Å². The van der Waals surface area contributed by atoms with Gasteiger partial charge in [0.25, 0.3) is 0 Å². The van der Waals surface area contributed by atoms with Gasteiger partial charge in [-0.15, -0.1) is 0 Å². The first-order valence-electron chi connectivity index (χ1n) is 14.2. The van der Waals surface area contributed by atoms with E-state index < -0.39 is 6.10 Å². The first-order valence-corrected chi connectivity index (χ1v) is 14.2. The number of Topliss-reactive ketones (excluding diaryl/α,β-unsaturated/α-hetero) is 4. The lowest BCUT2D eigenvalue weighted by atomic mass is 10.0. The summed E-state index contributed by atoms with van der Waals surface area (Å²) in [6, 6.07) is 0. The van der Waals surface area contributed by atoms with Crippen molar-refractivity contribution in [2.75, 3.05) is 58.9 Å². The molecule has 2 atom stereocenters. The van der Waals surface area contributed by atoms with Gasteiger partial charge in [0.15, 0.2) is 0 Å². The van der Waals surface area contributed by atoms with E-state index in [1.807, 2.05) is 72.1 Å². The van der Waals surface area contributed by atoms with Crippen molar-refractivity contribution in [2.24, 2.45) is 17.8 Å². The molecule has 1 N–H and O–H groups in total. The average molecular weight is 528 g/mol. The van der Waals surface area contributed by atoms with Gasteiger partial charge in [0.2, 0.25) is 0 Å². The Morgan fingerprint density at radius 3 is 1.57 bits per heavy atom. The van der Waals surface area contributed by atoms with Crippen molar-refractivity contribution < 1.29 is 24.3 Å². The molecule has 0 radical (unpaired) electrons. The standard InChI is InChI=1S/C27H51N3O5.C2H6/c1-9-22(7)27(35)19-30(16-24(32)10-2)14-12-28(17-25(33)20(3)4)11-13-29(15-23(8)31)18-26(34)21(5)6;1-2/h20-22,25,33H,9-19H2,1-8H3;1-2H3. The highest BCUT2D eigenvalue weighted by Crippen LogP contribution is 2.08. The first kappa shape index (κ1) is 37.7. The Bertz CT molecular complexity index is 666. The van der Waals surface area contributed by atoms with Crippen LogP contribution in [0, 0.1) is 17.8 Å². The molecule has 0 rings (SSSR count). The van der Waals surface area contributed by atoms with Crippen LogP contribution in [0.25, 0.3) is 0 Å². The fraction of sp³-hybridized carbons (Fsp3) is 0.862. The van der Waals surface area contributed by atoms with Gasteiger partial charge >= 0.3 is 0 Å². The molecule has 0 aliphatic heterocycles. The van der Waals surface area contributed by atoms with Crippen LogP contribution in [0.1, 0.15) is 82.1 Å². The minimum Gasteiger partial charge on any atom is -0.392 e. The largest absolute Gasteiger partial charge is 0.392 e. The summed E-state index contributed by atoms with van der Waals surface area (Å²) in [7, 11) is 0. The quantitative estimate of drug-likeness (QED) is 0.243. The minimum absolute atomic E-state index is 0.00290. The third-order valence-corrected chi connectivity index (χ3v) is 6.49. The molecule has 0 bridgehead atoms. The molecule has 2 unspecified atom stereocenters. The Balaban J connectivity index is 0. The Morgan fingerprint density at radius 2 is 1.16 bits per heavy atom. The van der Waals surface area contributed by atoms with Gasteiger partial charge in [-0.1, -0.05) is 62.3 Å². The molecule has 0 aromatic carbocycles. The molecule has 0 fully saturated rings. The molecule has 8 nitrogen and oxygen atoms in total. The highest BCUT2D eigenvalue weighted by molar-refractivity contribution is 5.84. The predicted molar refractivity (Wildman–Crippen MR) is 152 cm³/mol. The van der Waals surface area contributed by atoms with Gasteiger partial charge in [0.05, 0.1) is 32.3 Å². The zero-order valence-corrected chi connectivity index (χ0v) is 25.5. The summed E-state index contributed by atoms with van der Waals surface area (Å²) >= 11 is 0. The number of aliphatic hydroxyl groups excluding tert-OH is 1. The molecule has 0 heterocycles. The van der Waals surface area contributed by atoms with E-state index >= 15 is 0 Å². The Hall–Kier alpha value is -1.48. The number of aliphatic hydroxyl groups is 1. The van der Waals surface area contributed by atoms with Gasteiger partial charge in [-0.2, -0.15) is 0 Å². The third kappa shape index (κ3) is 18.4. The SMILES string of the molecule is CC.CCC(=O)CN(CCN(CCN(CC(C)=O)CC(=O)C(C)C)CC(O)C(C)C)CC(=O)C(C)CC. The van der Waals surface area contributed by atoms with Crippen molar-refractivity contribution in [1.29, 1.82) is 0 Å². The van der Waals surface area contributed by atoms with Gasteiger partial charge in [0.1, 0.15) is 23.1 Å². The third-order valence-electron chi connectivity index (χ3n) is 6.49. The fourth-order valence-electron chi connectivity index (χ4n) is 3.45. The second-order valence-corrected chi connectivity index (χ2v) is 10.5. The van der Waals surface area contributed by atoms with E-state index in [-0.39, 0.29) is 67.1 Å². The van der Waals surface area contributed by atoms with Crippen LogP contribution < -0.4 is 0 Å². The maximum Gasteiger partial charge on any atom is 0.149 e. The van der Waals surface area contributed by atoms with E-state index in [1.165, 1.54) is 6.92 Å². The summed E-state index contributed by atoms with van der Waals surface area (Å²) < 4.78 is 0. The highest BCUT2D eigenvalue weighted by atomic mass is 16.3. The molecule has 37 heavy (non-hydrogen) atoms. The number of nitrogens with zero attached hydrogens (tertiary/aromatic N) is 3. The minimum atomic E-state index is -0.527. The molecule has 0 aromatic rings. The van der Waals surface area contributed by atoms with Crippen LogP contribution in [-0.2, 0) is 19.2 Å². The van der Waals surface area contributed by atoms with Crippen LogP contribution in [0.3, 0.4) is 0 Å². The molecule has 0 spiro atoms. The summed E-state index contributed by atoms with van der Waals surface area (Å²) in [5.41, 5.74) is 0. The predicted octanol–water partition coefficient (Wildman–Crippen LogP) is 3.34. The van der Waals surface area contributed by atoms with E-state index in [0.29, 0.717) is 39.1 Å². The number of ketones is 4. The Kier molecular flexibility index (Phi) is 21.8. The van der Waals surface area contributed by atoms with Gasteiger partial charge in [-0.3, -0.25) is 33.9 Å². The number of carbonyl (C=O) groups is 4. The summed E-state index contributed by atoms with van der Waals surface area (Å²) in [5, 5.41) is 10.5. The zero-order valence-electron chi connectivity index (χ0n) is 25.5. The monoisotopic (exact) mass is 527 g/mol. The molecule has 218 valence electrons. The van der Waals surface area contributed by atoms with E-state index in [2.05, 4.69) is 4.90 Å². The van der Waals surface area contributed by atoms with Gasteiger partial charge in [0, 0.05) is 51.0 Å². The van der Waals surface area contributed by atoms with Crippen molar-refractivity contribution in [3.05, 3.63) is 0 Å². The number of hydrogen-bond acceptors (Lipinski definition) is 8. The highest BCUT2D eigenvalue weighted by Gasteiger charge is 2.22. The van der Waals surface area contributed by atoms with E-state index in [9.17, 15) is 24.3 Å². The van der Waals surface area contributed by atoms with E-state index in [0.717, 1.165) is 6.42 Å².